The molecule has 5 atom stereocenters. The van der Waals surface area contributed by atoms with Crippen molar-refractivity contribution in [1.82, 2.24) is 10.6 Å². The molecule has 0 bridgehead atoms. The van der Waals surface area contributed by atoms with Crippen molar-refractivity contribution in [2.75, 3.05) is 19.8 Å². The van der Waals surface area contributed by atoms with Gasteiger partial charge in [-0.15, -0.1) is 10.1 Å². The summed E-state index contributed by atoms with van der Waals surface area (Å²) >= 11 is 0. The van der Waals surface area contributed by atoms with Gasteiger partial charge >= 0.3 is 6.03 Å². The molecule has 5 N–H and O–H groups in total. The van der Waals surface area contributed by atoms with Crippen LogP contribution < -0.4 is 16.4 Å². The van der Waals surface area contributed by atoms with E-state index in [1.54, 1.807) is 0 Å². The Morgan fingerprint density at radius 3 is 2.85 bits per heavy atom. The summed E-state index contributed by atoms with van der Waals surface area (Å²) in [6.07, 6.45) is -3.04. The maximum absolute atomic E-state index is 11.5. The van der Waals surface area contributed by atoms with Crippen molar-refractivity contribution < 1.29 is 29.3 Å². The summed E-state index contributed by atoms with van der Waals surface area (Å²) < 4.78 is 10.7. The fourth-order valence-electron chi connectivity index (χ4n) is 2.21. The van der Waals surface area contributed by atoms with Crippen LogP contribution in [0.5, 0.6) is 0 Å². The number of rotatable bonds is 5. The number of fused-ring (bicyclic) bond motifs is 1. The fraction of sp³-hybridized carbons (Fsp3) is 0.889. The molecule has 0 saturated carbocycles. The zero-order valence-electron chi connectivity index (χ0n) is 10.4. The molecule has 2 rings (SSSR count). The number of urea groups is 1. The third kappa shape index (κ3) is 3.45. The highest BCUT2D eigenvalue weighted by Crippen LogP contribution is 2.28. The molecule has 2 aliphatic rings. The second-order valence-electron chi connectivity index (χ2n) is 4.49. The van der Waals surface area contributed by atoms with Crippen molar-refractivity contribution in [3.05, 3.63) is 10.1 Å². The molecule has 20 heavy (non-hydrogen) atoms. The summed E-state index contributed by atoms with van der Waals surface area (Å²) in [5.74, 6) is 0. The Balaban J connectivity index is 1.81. The third-order valence-corrected chi connectivity index (χ3v) is 3.02. The maximum Gasteiger partial charge on any atom is 0.315 e. The average Bonchev–Trinajstić information content (AvgIpc) is 2.91. The molecular formula is C9H16N4O7. The van der Waals surface area contributed by atoms with Gasteiger partial charge in [0.05, 0.1) is 25.8 Å². The molecule has 0 radical (unpaired) electrons. The van der Waals surface area contributed by atoms with Crippen molar-refractivity contribution >= 4 is 6.03 Å². The van der Waals surface area contributed by atoms with E-state index in [4.69, 9.17) is 20.3 Å². The van der Waals surface area contributed by atoms with Crippen molar-refractivity contribution in [3.63, 3.8) is 0 Å². The van der Waals surface area contributed by atoms with E-state index in [2.05, 4.69) is 15.5 Å². The first-order valence-electron chi connectivity index (χ1n) is 5.99. The molecule has 2 aliphatic heterocycles. The molecule has 2 heterocycles. The van der Waals surface area contributed by atoms with Crippen LogP contribution in [0.4, 0.5) is 4.79 Å². The number of carbonyl (C=O) groups excluding carboxylic acids is 1. The fourth-order valence-corrected chi connectivity index (χ4v) is 2.21. The highest BCUT2D eigenvalue weighted by Gasteiger charge is 2.49. The highest BCUT2D eigenvalue weighted by atomic mass is 17.0. The van der Waals surface area contributed by atoms with Crippen LogP contribution in [-0.4, -0.2) is 66.6 Å². The third-order valence-electron chi connectivity index (χ3n) is 3.02. The summed E-state index contributed by atoms with van der Waals surface area (Å²) in [6.45, 7) is 0.0879. The number of hydrogen-bond acceptors (Lipinski definition) is 8. The molecule has 0 aliphatic carbocycles. The van der Waals surface area contributed by atoms with E-state index in [0.717, 1.165) is 0 Å². The molecule has 2 unspecified atom stereocenters. The number of aliphatic hydroxyl groups excluding tert-OH is 1. The monoisotopic (exact) mass is 292 g/mol. The molecule has 0 aromatic heterocycles. The van der Waals surface area contributed by atoms with Crippen LogP contribution in [0, 0.1) is 10.1 Å². The second-order valence-corrected chi connectivity index (χ2v) is 4.49. The number of amides is 2. The van der Waals surface area contributed by atoms with Gasteiger partial charge in [0.25, 0.3) is 5.09 Å². The summed E-state index contributed by atoms with van der Waals surface area (Å²) in [6, 6.07) is -0.985. The lowest BCUT2D eigenvalue weighted by Gasteiger charge is -2.18. The van der Waals surface area contributed by atoms with Crippen LogP contribution in [0.2, 0.25) is 0 Å². The number of hydrogen-bond donors (Lipinski definition) is 4. The highest BCUT2D eigenvalue weighted by molar-refractivity contribution is 5.74. The van der Waals surface area contributed by atoms with Gasteiger partial charge in [0.1, 0.15) is 18.4 Å². The minimum absolute atomic E-state index is 0.0254. The van der Waals surface area contributed by atoms with Crippen LogP contribution in [0.25, 0.3) is 0 Å². The lowest BCUT2D eigenvalue weighted by Crippen LogP contribution is -2.50. The van der Waals surface area contributed by atoms with Crippen LogP contribution >= 0.6 is 0 Å². The maximum atomic E-state index is 11.5. The Morgan fingerprint density at radius 2 is 2.20 bits per heavy atom. The molecule has 0 aromatic carbocycles. The Bertz CT molecular complexity index is 379. The van der Waals surface area contributed by atoms with Crippen molar-refractivity contribution in [2.45, 2.75) is 30.6 Å². The Labute approximate surface area is 113 Å². The number of nitrogens with two attached hydrogens (primary N) is 1. The van der Waals surface area contributed by atoms with Gasteiger partial charge in [-0.25, -0.2) is 4.79 Å². The summed E-state index contributed by atoms with van der Waals surface area (Å²) in [5, 5.41) is 23.2. The van der Waals surface area contributed by atoms with Gasteiger partial charge in [-0.3, -0.25) is 0 Å². The predicted octanol–water partition coefficient (Wildman–Crippen LogP) is -2.69. The average molecular weight is 292 g/mol. The van der Waals surface area contributed by atoms with Crippen molar-refractivity contribution in [2.24, 2.45) is 5.73 Å². The van der Waals surface area contributed by atoms with Gasteiger partial charge < -0.3 is 35.8 Å². The summed E-state index contributed by atoms with van der Waals surface area (Å²) in [5.41, 5.74) is 5.08. The first-order valence-corrected chi connectivity index (χ1v) is 5.99. The van der Waals surface area contributed by atoms with Crippen molar-refractivity contribution in [1.29, 1.82) is 0 Å². The molecule has 114 valence electrons. The molecule has 0 aromatic rings. The van der Waals surface area contributed by atoms with E-state index in [9.17, 15) is 14.9 Å². The SMILES string of the molecule is NC(O)CNC(=O)N[C@H]1CO[C@@H]2C(O[N+](=O)[O-])CO[C@H]12. The van der Waals surface area contributed by atoms with Crippen LogP contribution in [0.3, 0.4) is 0 Å². The van der Waals surface area contributed by atoms with Gasteiger partial charge in [-0.2, -0.15) is 0 Å². The first-order chi connectivity index (χ1) is 9.47. The Hall–Kier alpha value is -1.69. The van der Waals surface area contributed by atoms with E-state index in [1.807, 2.05) is 0 Å². The lowest BCUT2D eigenvalue weighted by molar-refractivity contribution is -0.769. The van der Waals surface area contributed by atoms with Gasteiger partial charge in [0.2, 0.25) is 0 Å². The standard InChI is InChI=1S/C9H16N4O7/c10-6(14)1-11-9(15)12-4-2-18-8-5(20-13(16)17)3-19-7(4)8/h4-8,14H,1-3,10H2,(H2,11,12,15)/t4-,5?,6?,7+,8+/m0/s1. The molecule has 2 saturated heterocycles. The zero-order chi connectivity index (χ0) is 14.7. The molecule has 11 nitrogen and oxygen atoms in total. The van der Waals surface area contributed by atoms with Gasteiger partial charge in [0, 0.05) is 0 Å². The minimum atomic E-state index is -1.14. The number of nitrogens with zero attached hydrogens (tertiary/aromatic N) is 1. The Kier molecular flexibility index (Phi) is 4.54. The van der Waals surface area contributed by atoms with Crippen LogP contribution in [0.1, 0.15) is 0 Å². The zero-order valence-corrected chi connectivity index (χ0v) is 10.4. The quantitative estimate of drug-likeness (QED) is 0.242. The van der Waals surface area contributed by atoms with Gasteiger partial charge in [0.15, 0.2) is 6.10 Å². The molecule has 0 spiro atoms. The molecule has 11 heteroatoms. The smallest absolute Gasteiger partial charge is 0.315 e. The number of aliphatic hydroxyl groups is 1. The van der Waals surface area contributed by atoms with Gasteiger partial charge in [-0.1, -0.05) is 0 Å². The van der Waals surface area contributed by atoms with Gasteiger partial charge in [-0.05, 0) is 0 Å². The van der Waals surface area contributed by atoms with E-state index in [0.29, 0.717) is 0 Å². The molecule has 2 fully saturated rings. The van der Waals surface area contributed by atoms with Crippen LogP contribution in [-0.2, 0) is 14.3 Å². The van der Waals surface area contributed by atoms with Crippen molar-refractivity contribution in [3.8, 4) is 0 Å². The number of carbonyl (C=O) groups is 1. The lowest BCUT2D eigenvalue weighted by atomic mass is 10.1. The normalized spacial score (nSPS) is 33.3. The first kappa shape index (κ1) is 14.7. The molecular weight excluding hydrogens is 276 g/mol. The van der Waals surface area contributed by atoms with E-state index >= 15 is 0 Å². The summed E-state index contributed by atoms with van der Waals surface area (Å²) in [4.78, 5) is 26.3. The predicted molar refractivity (Wildman–Crippen MR) is 61.9 cm³/mol. The second kappa shape index (κ2) is 6.17. The van der Waals surface area contributed by atoms with Crippen LogP contribution in [0.15, 0.2) is 0 Å². The Morgan fingerprint density at radius 1 is 1.50 bits per heavy atom. The topological polar surface area (TPSA) is 158 Å². The number of ether oxygens (including phenoxy) is 2. The largest absolute Gasteiger partial charge is 0.377 e. The van der Waals surface area contributed by atoms with E-state index < -0.39 is 41.7 Å². The summed E-state index contributed by atoms with van der Waals surface area (Å²) in [7, 11) is 0. The minimum Gasteiger partial charge on any atom is -0.377 e. The molecule has 2 amide bonds. The van der Waals surface area contributed by atoms with E-state index in [1.165, 1.54) is 0 Å². The van der Waals surface area contributed by atoms with E-state index in [-0.39, 0.29) is 19.8 Å². The number of nitrogens with one attached hydrogen (secondary N) is 2.